The van der Waals surface area contributed by atoms with Gasteiger partial charge in [0.05, 0.1) is 22.2 Å². The van der Waals surface area contributed by atoms with E-state index in [9.17, 15) is 8.42 Å². The van der Waals surface area contributed by atoms with Crippen molar-refractivity contribution in [2.75, 3.05) is 11.3 Å². The highest BCUT2D eigenvalue weighted by atomic mass is 35.5. The summed E-state index contributed by atoms with van der Waals surface area (Å²) in [6.07, 6.45) is 3.46. The van der Waals surface area contributed by atoms with E-state index in [2.05, 4.69) is 14.7 Å². The molecule has 0 aliphatic rings. The van der Waals surface area contributed by atoms with Gasteiger partial charge in [-0.15, -0.1) is 11.3 Å². The third-order valence-corrected chi connectivity index (χ3v) is 6.94. The topological polar surface area (TPSA) is 81.2 Å². The Hall–Kier alpha value is -2.94. The number of halogens is 1. The Morgan fingerprint density at radius 1 is 1.03 bits per heavy atom. The van der Waals surface area contributed by atoms with Crippen molar-refractivity contribution in [1.29, 1.82) is 0 Å². The van der Waals surface area contributed by atoms with Crippen molar-refractivity contribution in [3.63, 3.8) is 0 Å². The highest BCUT2D eigenvalue weighted by molar-refractivity contribution is 7.92. The molecule has 0 unspecified atom stereocenters. The maximum atomic E-state index is 12.7. The first-order chi connectivity index (χ1) is 15.0. The number of hydrogen-bond donors (Lipinski definition) is 1. The average Bonchev–Trinajstić information content (AvgIpc) is 3.26. The molecule has 2 aromatic heterocycles. The van der Waals surface area contributed by atoms with Gasteiger partial charge in [-0.05, 0) is 49.4 Å². The molecule has 0 aliphatic heterocycles. The van der Waals surface area contributed by atoms with Crippen LogP contribution in [0.15, 0.2) is 77.3 Å². The van der Waals surface area contributed by atoms with E-state index < -0.39 is 10.0 Å². The molecule has 0 spiro atoms. The fourth-order valence-electron chi connectivity index (χ4n) is 2.88. The first-order valence-corrected chi connectivity index (χ1v) is 12.1. The number of ether oxygens (including phenoxy) is 1. The quantitative estimate of drug-likeness (QED) is 0.372. The average molecular weight is 472 g/mol. The van der Waals surface area contributed by atoms with Crippen molar-refractivity contribution < 1.29 is 13.2 Å². The lowest BCUT2D eigenvalue weighted by molar-refractivity contribution is 0.340. The normalized spacial score (nSPS) is 11.3. The van der Waals surface area contributed by atoms with Gasteiger partial charge >= 0.3 is 0 Å². The number of aromatic nitrogens is 2. The fraction of sp³-hybridized carbons (Fsp3) is 0.0909. The Kier molecular flexibility index (Phi) is 6.22. The molecule has 4 rings (SSSR count). The molecule has 2 aromatic carbocycles. The number of benzene rings is 2. The van der Waals surface area contributed by atoms with Crippen LogP contribution in [0.4, 0.5) is 5.69 Å². The number of nitrogens with one attached hydrogen (secondary N) is 1. The number of thiazole rings is 1. The van der Waals surface area contributed by atoms with Crippen molar-refractivity contribution in [1.82, 2.24) is 9.97 Å². The molecule has 0 radical (unpaired) electrons. The van der Waals surface area contributed by atoms with Gasteiger partial charge in [0.1, 0.15) is 10.8 Å². The van der Waals surface area contributed by atoms with Crippen LogP contribution in [0.2, 0.25) is 5.02 Å². The first-order valence-electron chi connectivity index (χ1n) is 9.38. The molecule has 0 saturated heterocycles. The van der Waals surface area contributed by atoms with Gasteiger partial charge in [-0.2, -0.15) is 0 Å². The predicted octanol–water partition coefficient (Wildman–Crippen LogP) is 5.73. The summed E-state index contributed by atoms with van der Waals surface area (Å²) in [5.41, 5.74) is 3.16. The Morgan fingerprint density at radius 3 is 2.45 bits per heavy atom. The van der Waals surface area contributed by atoms with E-state index in [1.54, 1.807) is 41.9 Å². The Morgan fingerprint density at radius 2 is 1.77 bits per heavy atom. The molecule has 9 heteroatoms. The smallest absolute Gasteiger partial charge is 0.261 e. The molecule has 2 heterocycles. The van der Waals surface area contributed by atoms with Crippen LogP contribution >= 0.6 is 22.9 Å². The largest absolute Gasteiger partial charge is 0.492 e. The molecule has 6 nitrogen and oxygen atoms in total. The zero-order valence-electron chi connectivity index (χ0n) is 16.4. The molecule has 0 atom stereocenters. The summed E-state index contributed by atoms with van der Waals surface area (Å²) in [7, 11) is -3.79. The van der Waals surface area contributed by atoms with Gasteiger partial charge in [-0.1, -0.05) is 23.7 Å². The maximum absolute atomic E-state index is 12.7. The molecule has 0 bridgehead atoms. The summed E-state index contributed by atoms with van der Waals surface area (Å²) in [5.74, 6) is 0.446. The number of nitrogens with zero attached hydrogens (tertiary/aromatic N) is 2. The highest BCUT2D eigenvalue weighted by Crippen LogP contribution is 2.30. The van der Waals surface area contributed by atoms with Gasteiger partial charge in [0.2, 0.25) is 0 Å². The molecule has 31 heavy (non-hydrogen) atoms. The van der Waals surface area contributed by atoms with Crippen LogP contribution in [0.3, 0.4) is 0 Å². The van der Waals surface area contributed by atoms with Crippen LogP contribution in [-0.4, -0.2) is 25.0 Å². The summed E-state index contributed by atoms with van der Waals surface area (Å²) < 4.78 is 33.3. The summed E-state index contributed by atoms with van der Waals surface area (Å²) in [6.45, 7) is 2.28. The third-order valence-electron chi connectivity index (χ3n) is 4.38. The molecule has 4 aromatic rings. The lowest BCUT2D eigenvalue weighted by Crippen LogP contribution is -2.13. The summed E-state index contributed by atoms with van der Waals surface area (Å²) >= 11 is 7.67. The van der Waals surface area contributed by atoms with Gasteiger partial charge in [0.25, 0.3) is 10.0 Å². The zero-order chi connectivity index (χ0) is 21.8. The van der Waals surface area contributed by atoms with Crippen molar-refractivity contribution in [3.05, 3.63) is 77.4 Å². The van der Waals surface area contributed by atoms with E-state index in [1.165, 1.54) is 12.1 Å². The molecule has 0 amide bonds. The van der Waals surface area contributed by atoms with Gasteiger partial charge in [0, 0.05) is 34.6 Å². The molecule has 158 valence electrons. The molecule has 0 fully saturated rings. The number of hydrogen-bond acceptors (Lipinski definition) is 6. The van der Waals surface area contributed by atoms with E-state index in [4.69, 9.17) is 16.3 Å². The molecule has 0 saturated carbocycles. The Bertz CT molecular complexity index is 1290. The molecular formula is C22H18ClN3O3S2. The molecule has 0 aliphatic carbocycles. The second-order valence-corrected chi connectivity index (χ2v) is 9.43. The minimum absolute atomic E-state index is 0.0616. The standard InChI is InChI=1S/C22H18ClN3O3S2/c1-2-29-21-8-7-18(13-19(21)23)31(27,28)26-17-5-3-15(4-6-17)20-14-30-22(25-20)16-9-11-24-12-10-16/h3-14,26H,2H2,1H3. The van der Waals surface area contributed by atoms with Crippen LogP contribution in [0.25, 0.3) is 21.8 Å². The lowest BCUT2D eigenvalue weighted by atomic mass is 10.1. The van der Waals surface area contributed by atoms with E-state index in [1.807, 2.05) is 36.6 Å². The highest BCUT2D eigenvalue weighted by Gasteiger charge is 2.17. The van der Waals surface area contributed by atoms with E-state index in [-0.39, 0.29) is 9.92 Å². The van der Waals surface area contributed by atoms with Crippen molar-refractivity contribution in [2.45, 2.75) is 11.8 Å². The summed E-state index contributed by atoms with van der Waals surface area (Å²) in [5, 5.41) is 3.11. The third kappa shape index (κ3) is 4.87. The monoisotopic (exact) mass is 471 g/mol. The maximum Gasteiger partial charge on any atom is 0.261 e. The molecular weight excluding hydrogens is 454 g/mol. The van der Waals surface area contributed by atoms with E-state index in [0.717, 1.165) is 21.8 Å². The SMILES string of the molecule is CCOc1ccc(S(=O)(=O)Nc2ccc(-c3csc(-c4ccncc4)n3)cc2)cc1Cl. The van der Waals surface area contributed by atoms with Gasteiger partial charge in [-0.3, -0.25) is 9.71 Å². The number of pyridine rings is 1. The minimum Gasteiger partial charge on any atom is -0.492 e. The van der Waals surface area contributed by atoms with Crippen LogP contribution in [-0.2, 0) is 10.0 Å². The van der Waals surface area contributed by atoms with Crippen LogP contribution < -0.4 is 9.46 Å². The minimum atomic E-state index is -3.79. The number of anilines is 1. The zero-order valence-corrected chi connectivity index (χ0v) is 18.8. The predicted molar refractivity (Wildman–Crippen MR) is 124 cm³/mol. The summed E-state index contributed by atoms with van der Waals surface area (Å²) in [4.78, 5) is 8.74. The van der Waals surface area contributed by atoms with Gasteiger partial charge in [0.15, 0.2) is 0 Å². The number of sulfonamides is 1. The second-order valence-electron chi connectivity index (χ2n) is 6.48. The molecule has 1 N–H and O–H groups in total. The van der Waals surface area contributed by atoms with Gasteiger partial charge < -0.3 is 4.74 Å². The Balaban J connectivity index is 1.51. The second kappa shape index (κ2) is 9.05. The van der Waals surface area contributed by atoms with E-state index in [0.29, 0.717) is 18.0 Å². The van der Waals surface area contributed by atoms with Crippen molar-refractivity contribution in [3.8, 4) is 27.6 Å². The van der Waals surface area contributed by atoms with Gasteiger partial charge in [-0.25, -0.2) is 13.4 Å². The van der Waals surface area contributed by atoms with Crippen molar-refractivity contribution >= 4 is 38.6 Å². The summed E-state index contributed by atoms with van der Waals surface area (Å²) in [6, 6.07) is 15.3. The lowest BCUT2D eigenvalue weighted by Gasteiger charge is -2.11. The fourth-order valence-corrected chi connectivity index (χ4v) is 5.10. The van der Waals surface area contributed by atoms with Crippen LogP contribution in [0.5, 0.6) is 5.75 Å². The van der Waals surface area contributed by atoms with Crippen LogP contribution in [0.1, 0.15) is 6.92 Å². The first kappa shape index (κ1) is 21.3. The Labute approximate surface area is 189 Å². The van der Waals surface area contributed by atoms with E-state index >= 15 is 0 Å². The van der Waals surface area contributed by atoms with Crippen molar-refractivity contribution in [2.24, 2.45) is 0 Å². The number of rotatable bonds is 7. The van der Waals surface area contributed by atoms with Crippen LogP contribution in [0, 0.1) is 0 Å².